The van der Waals surface area contributed by atoms with E-state index in [1.54, 1.807) is 7.05 Å². The van der Waals surface area contributed by atoms with E-state index in [2.05, 4.69) is 10.3 Å². The molecule has 0 fully saturated rings. The van der Waals surface area contributed by atoms with E-state index in [0.717, 1.165) is 21.5 Å². The lowest BCUT2D eigenvalue weighted by atomic mass is 10.2. The predicted octanol–water partition coefficient (Wildman–Crippen LogP) is 1.85. The fraction of sp³-hybridized carbons (Fsp3) is 0.273. The lowest BCUT2D eigenvalue weighted by Gasteiger charge is -1.99. The highest BCUT2D eigenvalue weighted by molar-refractivity contribution is 7.21. The van der Waals surface area contributed by atoms with Crippen LogP contribution in [0, 0.1) is 13.8 Å². The minimum absolute atomic E-state index is 0.143. The number of nitrogens with zero attached hydrogens (tertiary/aromatic N) is 1. The van der Waals surface area contributed by atoms with Crippen LogP contribution in [0.15, 0.2) is 6.07 Å². The van der Waals surface area contributed by atoms with Crippen LogP contribution in [0.4, 0.5) is 5.69 Å². The van der Waals surface area contributed by atoms with Crippen molar-refractivity contribution in [2.45, 2.75) is 13.8 Å². The van der Waals surface area contributed by atoms with E-state index in [1.165, 1.54) is 11.3 Å². The van der Waals surface area contributed by atoms with Crippen molar-refractivity contribution in [3.63, 3.8) is 0 Å². The average molecular weight is 235 g/mol. The predicted molar refractivity (Wildman–Crippen MR) is 66.9 cm³/mol. The molecule has 1 amide bonds. The molecule has 0 spiro atoms. The molecule has 0 aromatic carbocycles. The fourth-order valence-electron chi connectivity index (χ4n) is 1.76. The van der Waals surface area contributed by atoms with Gasteiger partial charge < -0.3 is 11.1 Å². The molecule has 3 N–H and O–H groups in total. The number of fused-ring (bicyclic) bond motifs is 1. The monoisotopic (exact) mass is 235 g/mol. The van der Waals surface area contributed by atoms with Gasteiger partial charge in [0.1, 0.15) is 4.88 Å². The Morgan fingerprint density at radius 3 is 2.81 bits per heavy atom. The number of amides is 1. The van der Waals surface area contributed by atoms with E-state index in [1.807, 2.05) is 19.9 Å². The van der Waals surface area contributed by atoms with Crippen LogP contribution in [0.3, 0.4) is 0 Å². The first-order valence-electron chi connectivity index (χ1n) is 4.93. The van der Waals surface area contributed by atoms with Crippen LogP contribution in [0.1, 0.15) is 21.1 Å². The maximum atomic E-state index is 11.6. The van der Waals surface area contributed by atoms with Gasteiger partial charge in [-0.05, 0) is 19.9 Å². The quantitative estimate of drug-likeness (QED) is 0.792. The summed E-state index contributed by atoms with van der Waals surface area (Å²) in [4.78, 5) is 16.5. The number of aromatic nitrogens is 1. The summed E-state index contributed by atoms with van der Waals surface area (Å²) in [5.74, 6) is -0.143. The van der Waals surface area contributed by atoms with Gasteiger partial charge in [-0.15, -0.1) is 11.3 Å². The fourth-order valence-corrected chi connectivity index (χ4v) is 2.98. The zero-order valence-corrected chi connectivity index (χ0v) is 10.2. The van der Waals surface area contributed by atoms with Crippen molar-refractivity contribution in [2.75, 3.05) is 12.8 Å². The molecule has 0 saturated carbocycles. The van der Waals surface area contributed by atoms with E-state index >= 15 is 0 Å². The van der Waals surface area contributed by atoms with E-state index < -0.39 is 0 Å². The molecule has 16 heavy (non-hydrogen) atoms. The van der Waals surface area contributed by atoms with Gasteiger partial charge >= 0.3 is 0 Å². The van der Waals surface area contributed by atoms with Crippen LogP contribution in [0.2, 0.25) is 0 Å². The number of aryl methyl sites for hydroxylation is 2. The van der Waals surface area contributed by atoms with E-state index in [0.29, 0.717) is 10.6 Å². The molecule has 0 saturated heterocycles. The maximum absolute atomic E-state index is 11.6. The number of hydrogen-bond donors (Lipinski definition) is 2. The number of nitrogens with one attached hydrogen (secondary N) is 1. The Bertz CT molecular complexity index is 574. The van der Waals surface area contributed by atoms with Gasteiger partial charge in [-0.2, -0.15) is 0 Å². The van der Waals surface area contributed by atoms with E-state index in [-0.39, 0.29) is 5.91 Å². The maximum Gasteiger partial charge on any atom is 0.263 e. The molecule has 0 unspecified atom stereocenters. The van der Waals surface area contributed by atoms with Gasteiger partial charge in [-0.1, -0.05) is 0 Å². The topological polar surface area (TPSA) is 68.0 Å². The highest BCUT2D eigenvalue weighted by Gasteiger charge is 2.17. The molecular weight excluding hydrogens is 222 g/mol. The zero-order chi connectivity index (χ0) is 11.9. The van der Waals surface area contributed by atoms with Crippen molar-refractivity contribution in [3.8, 4) is 0 Å². The SMILES string of the molecule is CNC(=O)c1sc2cc(C)nc(C)c2c1N. The molecule has 84 valence electrons. The first-order chi connectivity index (χ1) is 7.54. The van der Waals surface area contributed by atoms with Crippen molar-refractivity contribution in [2.24, 2.45) is 0 Å². The number of carbonyl (C=O) groups is 1. The van der Waals surface area contributed by atoms with Crippen LogP contribution in [0.5, 0.6) is 0 Å². The molecule has 2 aromatic rings. The van der Waals surface area contributed by atoms with Crippen LogP contribution >= 0.6 is 11.3 Å². The second kappa shape index (κ2) is 3.75. The van der Waals surface area contributed by atoms with Crippen molar-refractivity contribution in [1.29, 1.82) is 0 Å². The Labute approximate surface area is 97.5 Å². The number of thiophene rings is 1. The summed E-state index contributed by atoms with van der Waals surface area (Å²) in [6.45, 7) is 3.84. The van der Waals surface area contributed by atoms with Gasteiger partial charge in [0.25, 0.3) is 5.91 Å². The minimum atomic E-state index is -0.143. The Morgan fingerprint density at radius 2 is 2.19 bits per heavy atom. The van der Waals surface area contributed by atoms with Crippen molar-refractivity contribution in [3.05, 3.63) is 22.3 Å². The highest BCUT2D eigenvalue weighted by atomic mass is 32.1. The number of nitrogens with two attached hydrogens (primary N) is 1. The number of carbonyl (C=O) groups excluding carboxylic acids is 1. The van der Waals surface area contributed by atoms with E-state index in [4.69, 9.17) is 5.73 Å². The zero-order valence-electron chi connectivity index (χ0n) is 9.42. The normalized spacial score (nSPS) is 10.7. The van der Waals surface area contributed by atoms with Gasteiger partial charge in [0.2, 0.25) is 0 Å². The summed E-state index contributed by atoms with van der Waals surface area (Å²) in [7, 11) is 1.60. The van der Waals surface area contributed by atoms with Gasteiger partial charge in [-0.3, -0.25) is 9.78 Å². The summed E-state index contributed by atoms with van der Waals surface area (Å²) >= 11 is 1.41. The van der Waals surface area contributed by atoms with E-state index in [9.17, 15) is 4.79 Å². The first kappa shape index (κ1) is 10.9. The minimum Gasteiger partial charge on any atom is -0.397 e. The third-order valence-corrected chi connectivity index (χ3v) is 3.60. The van der Waals surface area contributed by atoms with Gasteiger partial charge in [0.05, 0.1) is 5.69 Å². The molecule has 0 radical (unpaired) electrons. The Morgan fingerprint density at radius 1 is 1.50 bits per heavy atom. The summed E-state index contributed by atoms with van der Waals surface area (Å²) in [5, 5.41) is 3.49. The lowest BCUT2D eigenvalue weighted by molar-refractivity contribution is 0.0968. The van der Waals surface area contributed by atoms with Gasteiger partial charge in [0, 0.05) is 28.5 Å². The highest BCUT2D eigenvalue weighted by Crippen LogP contribution is 2.35. The summed E-state index contributed by atoms with van der Waals surface area (Å²) in [6, 6.07) is 1.95. The molecule has 0 atom stereocenters. The molecule has 0 aliphatic rings. The number of anilines is 1. The lowest BCUT2D eigenvalue weighted by Crippen LogP contribution is -2.17. The average Bonchev–Trinajstić information content (AvgIpc) is 2.54. The number of nitrogen functional groups attached to an aromatic ring is 1. The molecule has 0 aliphatic carbocycles. The molecule has 0 aliphatic heterocycles. The number of pyridine rings is 1. The van der Waals surface area contributed by atoms with Crippen LogP contribution in [-0.2, 0) is 0 Å². The third-order valence-electron chi connectivity index (χ3n) is 2.45. The second-order valence-corrected chi connectivity index (χ2v) is 4.70. The number of hydrogen-bond acceptors (Lipinski definition) is 4. The number of rotatable bonds is 1. The molecule has 2 rings (SSSR count). The summed E-state index contributed by atoms with van der Waals surface area (Å²) < 4.78 is 1.01. The summed E-state index contributed by atoms with van der Waals surface area (Å²) in [6.07, 6.45) is 0. The largest absolute Gasteiger partial charge is 0.397 e. The Kier molecular flexibility index (Phi) is 2.55. The summed E-state index contributed by atoms with van der Waals surface area (Å²) in [5.41, 5.74) is 8.32. The van der Waals surface area contributed by atoms with Gasteiger partial charge in [0.15, 0.2) is 0 Å². The molecular formula is C11H13N3OS. The van der Waals surface area contributed by atoms with Crippen LogP contribution in [-0.4, -0.2) is 17.9 Å². The standard InChI is InChI=1S/C11H13N3OS/c1-5-4-7-8(6(2)14-5)9(12)10(16-7)11(15)13-3/h4H,12H2,1-3H3,(H,13,15). The second-order valence-electron chi connectivity index (χ2n) is 3.65. The molecule has 2 aromatic heterocycles. The molecule has 0 bridgehead atoms. The molecule has 4 nitrogen and oxygen atoms in total. The van der Waals surface area contributed by atoms with Crippen molar-refractivity contribution < 1.29 is 4.79 Å². The van der Waals surface area contributed by atoms with Crippen molar-refractivity contribution in [1.82, 2.24) is 10.3 Å². The van der Waals surface area contributed by atoms with Crippen LogP contribution < -0.4 is 11.1 Å². The first-order valence-corrected chi connectivity index (χ1v) is 5.74. The molecule has 2 heterocycles. The van der Waals surface area contributed by atoms with Crippen molar-refractivity contribution >= 4 is 33.0 Å². The Balaban J connectivity index is 2.78. The third kappa shape index (κ3) is 1.53. The van der Waals surface area contributed by atoms with Gasteiger partial charge in [-0.25, -0.2) is 0 Å². The smallest absolute Gasteiger partial charge is 0.263 e. The van der Waals surface area contributed by atoms with Crippen LogP contribution in [0.25, 0.3) is 10.1 Å². The Hall–Kier alpha value is -1.62. The molecule has 5 heteroatoms.